The minimum absolute atomic E-state index is 0.166. The van der Waals surface area contributed by atoms with Crippen LogP contribution in [-0.4, -0.2) is 19.8 Å². The fourth-order valence-corrected chi connectivity index (χ4v) is 2.67. The largest absolute Gasteiger partial charge is 0.380 e. The number of sulfonamides is 1. The first-order valence-electron chi connectivity index (χ1n) is 4.19. The average Bonchev–Trinajstić information content (AvgIpc) is 2.51. The van der Waals surface area contributed by atoms with Gasteiger partial charge in [0.25, 0.3) is 0 Å². The van der Waals surface area contributed by atoms with Crippen LogP contribution in [0.3, 0.4) is 0 Å². The van der Waals surface area contributed by atoms with Crippen LogP contribution in [0.15, 0.2) is 16.7 Å². The number of fused-ring (bicyclic) bond motifs is 1. The molecule has 86 valence electrons. The standard InChI is InChI=1S/C8H8IN3O3S/c1-16(13,14)12-7-4(9)2-3-5-6(7)8(10)11-15-5/h2-3,12H,1H3,(H2,10,11). The molecule has 1 aromatic heterocycles. The number of nitrogens with zero attached hydrogens (tertiary/aromatic N) is 1. The van der Waals surface area contributed by atoms with Crippen molar-refractivity contribution in [1.82, 2.24) is 5.16 Å². The van der Waals surface area contributed by atoms with E-state index in [2.05, 4.69) is 9.88 Å². The van der Waals surface area contributed by atoms with Gasteiger partial charge in [-0.3, -0.25) is 4.72 Å². The van der Waals surface area contributed by atoms with Gasteiger partial charge in [-0.15, -0.1) is 0 Å². The molecule has 2 aromatic rings. The maximum Gasteiger partial charge on any atom is 0.229 e. The van der Waals surface area contributed by atoms with Gasteiger partial charge in [-0.25, -0.2) is 8.42 Å². The minimum Gasteiger partial charge on any atom is -0.380 e. The predicted molar refractivity (Wildman–Crippen MR) is 69.6 cm³/mol. The van der Waals surface area contributed by atoms with E-state index in [1.54, 1.807) is 12.1 Å². The quantitative estimate of drug-likeness (QED) is 0.795. The summed E-state index contributed by atoms with van der Waals surface area (Å²) in [7, 11) is -3.37. The van der Waals surface area contributed by atoms with Crippen LogP contribution < -0.4 is 10.5 Å². The van der Waals surface area contributed by atoms with Gasteiger partial charge in [0.15, 0.2) is 11.4 Å². The summed E-state index contributed by atoms with van der Waals surface area (Å²) in [4.78, 5) is 0. The number of aromatic nitrogens is 1. The van der Waals surface area contributed by atoms with E-state index in [-0.39, 0.29) is 5.82 Å². The van der Waals surface area contributed by atoms with Crippen molar-refractivity contribution in [2.24, 2.45) is 0 Å². The van der Waals surface area contributed by atoms with Crippen LogP contribution >= 0.6 is 22.6 Å². The topological polar surface area (TPSA) is 98.2 Å². The van der Waals surface area contributed by atoms with Gasteiger partial charge in [0, 0.05) is 3.57 Å². The molecule has 0 unspecified atom stereocenters. The summed E-state index contributed by atoms with van der Waals surface area (Å²) >= 11 is 2.01. The van der Waals surface area contributed by atoms with E-state index in [4.69, 9.17) is 10.3 Å². The Bertz CT molecular complexity index is 650. The van der Waals surface area contributed by atoms with E-state index in [1.165, 1.54) is 0 Å². The van der Waals surface area contributed by atoms with Crippen molar-refractivity contribution >= 4 is 55.1 Å². The van der Waals surface area contributed by atoms with Crippen LogP contribution in [-0.2, 0) is 10.0 Å². The summed E-state index contributed by atoms with van der Waals surface area (Å²) in [6, 6.07) is 3.41. The van der Waals surface area contributed by atoms with Gasteiger partial charge in [-0.05, 0) is 34.7 Å². The summed E-state index contributed by atoms with van der Waals surface area (Å²) in [5.41, 5.74) is 6.47. The van der Waals surface area contributed by atoms with Crippen molar-refractivity contribution in [2.45, 2.75) is 0 Å². The minimum atomic E-state index is -3.37. The Morgan fingerprint density at radius 3 is 2.81 bits per heavy atom. The number of hydrogen-bond donors (Lipinski definition) is 2. The second-order valence-electron chi connectivity index (χ2n) is 3.24. The molecule has 6 nitrogen and oxygen atoms in total. The molecule has 3 N–H and O–H groups in total. The number of nitrogens with two attached hydrogens (primary N) is 1. The van der Waals surface area contributed by atoms with Crippen molar-refractivity contribution in [3.63, 3.8) is 0 Å². The zero-order valence-corrected chi connectivity index (χ0v) is 11.2. The fraction of sp³-hybridized carbons (Fsp3) is 0.125. The van der Waals surface area contributed by atoms with Crippen molar-refractivity contribution < 1.29 is 12.9 Å². The highest BCUT2D eigenvalue weighted by Crippen LogP contribution is 2.33. The Balaban J connectivity index is 2.74. The maximum atomic E-state index is 11.2. The zero-order chi connectivity index (χ0) is 11.9. The Morgan fingerprint density at radius 1 is 1.50 bits per heavy atom. The van der Waals surface area contributed by atoms with Crippen LogP contribution in [0, 0.1) is 3.57 Å². The molecule has 0 radical (unpaired) electrons. The molecule has 16 heavy (non-hydrogen) atoms. The van der Waals surface area contributed by atoms with Gasteiger partial charge in [0.1, 0.15) is 0 Å². The molecule has 1 aromatic carbocycles. The monoisotopic (exact) mass is 353 g/mol. The number of benzene rings is 1. The van der Waals surface area contributed by atoms with Gasteiger partial charge < -0.3 is 10.3 Å². The lowest BCUT2D eigenvalue weighted by atomic mass is 10.2. The normalized spacial score (nSPS) is 11.9. The fourth-order valence-electron chi connectivity index (χ4n) is 1.32. The second-order valence-corrected chi connectivity index (χ2v) is 6.15. The molecular formula is C8H8IN3O3S. The number of nitrogen functional groups attached to an aromatic ring is 1. The van der Waals surface area contributed by atoms with Gasteiger partial charge in [0.2, 0.25) is 10.0 Å². The maximum absolute atomic E-state index is 11.2. The highest BCUT2D eigenvalue weighted by atomic mass is 127. The summed E-state index contributed by atoms with van der Waals surface area (Å²) in [5.74, 6) is 0.166. The van der Waals surface area contributed by atoms with Crippen LogP contribution in [0.4, 0.5) is 11.5 Å². The first kappa shape index (κ1) is 11.5. The molecule has 0 aliphatic carbocycles. The van der Waals surface area contributed by atoms with Crippen LogP contribution in [0.1, 0.15) is 0 Å². The predicted octanol–water partition coefficient (Wildman–Crippen LogP) is 1.39. The molecule has 0 aliphatic rings. The van der Waals surface area contributed by atoms with E-state index in [0.717, 1.165) is 9.83 Å². The Hall–Kier alpha value is -1.03. The van der Waals surface area contributed by atoms with Gasteiger partial charge in [-0.1, -0.05) is 5.16 Å². The van der Waals surface area contributed by atoms with Crippen molar-refractivity contribution in [2.75, 3.05) is 16.7 Å². The van der Waals surface area contributed by atoms with Crippen molar-refractivity contribution in [3.05, 3.63) is 15.7 Å². The van der Waals surface area contributed by atoms with Gasteiger partial charge in [0.05, 0.1) is 17.3 Å². The van der Waals surface area contributed by atoms with E-state index in [1.807, 2.05) is 22.6 Å². The molecular weight excluding hydrogens is 345 g/mol. The smallest absolute Gasteiger partial charge is 0.229 e. The number of anilines is 2. The third-order valence-corrected chi connectivity index (χ3v) is 3.38. The molecule has 1 heterocycles. The van der Waals surface area contributed by atoms with E-state index < -0.39 is 10.0 Å². The molecule has 0 aliphatic heterocycles. The third kappa shape index (κ3) is 2.07. The Labute approximate surface area is 105 Å². The summed E-state index contributed by atoms with van der Waals surface area (Å²) in [6.45, 7) is 0. The molecule has 0 fully saturated rings. The molecule has 8 heteroatoms. The summed E-state index contributed by atoms with van der Waals surface area (Å²) < 4.78 is 30.5. The van der Waals surface area contributed by atoms with Crippen LogP contribution in [0.5, 0.6) is 0 Å². The number of hydrogen-bond acceptors (Lipinski definition) is 5. The molecule has 0 atom stereocenters. The molecule has 0 saturated heterocycles. The number of rotatable bonds is 2. The Kier molecular flexibility index (Phi) is 2.70. The van der Waals surface area contributed by atoms with E-state index >= 15 is 0 Å². The third-order valence-electron chi connectivity index (χ3n) is 1.90. The first-order valence-corrected chi connectivity index (χ1v) is 7.16. The Morgan fingerprint density at radius 2 is 2.19 bits per heavy atom. The number of halogens is 1. The summed E-state index contributed by atoms with van der Waals surface area (Å²) in [6.07, 6.45) is 1.08. The highest BCUT2D eigenvalue weighted by Gasteiger charge is 2.16. The average molecular weight is 353 g/mol. The second kappa shape index (κ2) is 3.77. The highest BCUT2D eigenvalue weighted by molar-refractivity contribution is 14.1. The lowest BCUT2D eigenvalue weighted by Crippen LogP contribution is -2.11. The molecule has 0 spiro atoms. The zero-order valence-electron chi connectivity index (χ0n) is 8.19. The van der Waals surface area contributed by atoms with Crippen molar-refractivity contribution in [3.8, 4) is 0 Å². The van der Waals surface area contributed by atoms with Crippen molar-refractivity contribution in [1.29, 1.82) is 0 Å². The van der Waals surface area contributed by atoms with Crippen LogP contribution in [0.2, 0.25) is 0 Å². The van der Waals surface area contributed by atoms with Crippen LogP contribution in [0.25, 0.3) is 11.0 Å². The molecule has 2 rings (SSSR count). The molecule has 0 saturated carbocycles. The lowest BCUT2D eigenvalue weighted by molar-refractivity contribution is 0.460. The molecule has 0 bridgehead atoms. The van der Waals surface area contributed by atoms with E-state index in [0.29, 0.717) is 16.7 Å². The lowest BCUT2D eigenvalue weighted by Gasteiger charge is -2.07. The number of nitrogens with one attached hydrogen (secondary N) is 1. The SMILES string of the molecule is CS(=O)(=O)Nc1c(I)ccc2onc(N)c12. The summed E-state index contributed by atoms with van der Waals surface area (Å²) in [5, 5.41) is 4.08. The first-order chi connectivity index (χ1) is 7.38. The van der Waals surface area contributed by atoms with E-state index in [9.17, 15) is 8.42 Å². The van der Waals surface area contributed by atoms with Gasteiger partial charge in [-0.2, -0.15) is 0 Å². The molecule has 0 amide bonds. The van der Waals surface area contributed by atoms with Gasteiger partial charge >= 0.3 is 0 Å².